The van der Waals surface area contributed by atoms with Gasteiger partial charge in [0.15, 0.2) is 6.61 Å². The zero-order valence-corrected chi connectivity index (χ0v) is 14.5. The zero-order chi connectivity index (χ0) is 17.7. The van der Waals surface area contributed by atoms with E-state index in [1.165, 1.54) is 0 Å². The minimum Gasteiger partial charge on any atom is -0.452 e. The van der Waals surface area contributed by atoms with Gasteiger partial charge in [-0.05, 0) is 44.2 Å². The molecule has 24 heavy (non-hydrogen) atoms. The minimum absolute atomic E-state index is 0.247. The molecule has 0 atom stereocenters. The molecule has 0 spiro atoms. The van der Waals surface area contributed by atoms with Crippen molar-refractivity contribution >= 4 is 34.4 Å². The van der Waals surface area contributed by atoms with Gasteiger partial charge in [0.05, 0.1) is 11.1 Å². The molecular formula is C18H19ClN2O3. The first kappa shape index (κ1) is 17.9. The van der Waals surface area contributed by atoms with Gasteiger partial charge < -0.3 is 9.64 Å². The van der Waals surface area contributed by atoms with Gasteiger partial charge in [0.25, 0.3) is 5.91 Å². The van der Waals surface area contributed by atoms with Crippen molar-refractivity contribution in [1.82, 2.24) is 9.88 Å². The number of amides is 1. The first-order chi connectivity index (χ1) is 11.4. The van der Waals surface area contributed by atoms with Gasteiger partial charge in [-0.3, -0.25) is 4.79 Å². The van der Waals surface area contributed by atoms with Crippen LogP contribution in [0.3, 0.4) is 0 Å². The summed E-state index contributed by atoms with van der Waals surface area (Å²) in [6, 6.07) is 8.39. The summed E-state index contributed by atoms with van der Waals surface area (Å²) in [5, 5.41) is 1.17. The smallest absolute Gasteiger partial charge is 0.338 e. The lowest BCUT2D eigenvalue weighted by Gasteiger charge is -2.20. The molecule has 2 rings (SSSR count). The van der Waals surface area contributed by atoms with E-state index in [0.29, 0.717) is 29.3 Å². The van der Waals surface area contributed by atoms with Crippen LogP contribution in [-0.2, 0) is 9.53 Å². The van der Waals surface area contributed by atoms with Crippen LogP contribution in [0.15, 0.2) is 42.5 Å². The summed E-state index contributed by atoms with van der Waals surface area (Å²) in [6.45, 7) is 8.19. The highest BCUT2D eigenvalue weighted by Gasteiger charge is 2.15. The number of aromatic nitrogens is 1. The fraction of sp³-hybridized carbons (Fsp3) is 0.278. The normalized spacial score (nSPS) is 10.5. The third-order valence-electron chi connectivity index (χ3n) is 3.41. The number of hydrogen-bond donors (Lipinski definition) is 0. The number of likely N-dealkylation sites (N-methyl/N-ethyl adjacent to an activating group) is 1. The molecule has 0 unspecified atom stereocenters. The second kappa shape index (κ2) is 7.93. The summed E-state index contributed by atoms with van der Waals surface area (Å²) in [6.07, 6.45) is 0. The average molecular weight is 347 g/mol. The first-order valence-electron chi connectivity index (χ1n) is 7.56. The predicted molar refractivity (Wildman–Crippen MR) is 94.1 cm³/mol. The highest BCUT2D eigenvalue weighted by Crippen LogP contribution is 2.17. The third kappa shape index (κ3) is 4.55. The Morgan fingerprint density at radius 3 is 2.71 bits per heavy atom. The fourth-order valence-corrected chi connectivity index (χ4v) is 2.39. The summed E-state index contributed by atoms with van der Waals surface area (Å²) in [5.41, 5.74) is 1.92. The van der Waals surface area contributed by atoms with Gasteiger partial charge in [0, 0.05) is 18.5 Å². The Morgan fingerprint density at radius 1 is 1.29 bits per heavy atom. The van der Waals surface area contributed by atoms with Crippen molar-refractivity contribution in [2.75, 3.05) is 19.7 Å². The SMILES string of the molecule is C=C(C)CN(CC)C(=O)COC(=O)c1ccc2nc(Cl)ccc2c1. The van der Waals surface area contributed by atoms with Gasteiger partial charge in [0.2, 0.25) is 0 Å². The van der Waals surface area contributed by atoms with Crippen molar-refractivity contribution in [1.29, 1.82) is 0 Å². The van der Waals surface area contributed by atoms with E-state index in [-0.39, 0.29) is 12.5 Å². The van der Waals surface area contributed by atoms with Gasteiger partial charge in [-0.2, -0.15) is 0 Å². The standard InChI is InChI=1S/C18H19ClN2O3/c1-4-21(10-12(2)3)17(22)11-24-18(23)14-5-7-15-13(9-14)6-8-16(19)20-15/h5-9H,2,4,10-11H2,1,3H3. The Kier molecular flexibility index (Phi) is 5.93. The van der Waals surface area contributed by atoms with Crippen LogP contribution in [0.25, 0.3) is 10.9 Å². The van der Waals surface area contributed by atoms with Gasteiger partial charge in [-0.15, -0.1) is 0 Å². The van der Waals surface area contributed by atoms with E-state index >= 15 is 0 Å². The highest BCUT2D eigenvalue weighted by atomic mass is 35.5. The van der Waals surface area contributed by atoms with E-state index in [4.69, 9.17) is 16.3 Å². The molecule has 1 heterocycles. The lowest BCUT2D eigenvalue weighted by Crippen LogP contribution is -2.35. The zero-order valence-electron chi connectivity index (χ0n) is 13.7. The predicted octanol–water partition coefficient (Wildman–Crippen LogP) is 3.47. The molecule has 0 bridgehead atoms. The molecule has 0 saturated heterocycles. The number of nitrogens with zero attached hydrogens (tertiary/aromatic N) is 2. The summed E-state index contributed by atoms with van der Waals surface area (Å²) in [7, 11) is 0. The lowest BCUT2D eigenvalue weighted by molar-refractivity contribution is -0.133. The second-order valence-corrected chi connectivity index (χ2v) is 5.87. The third-order valence-corrected chi connectivity index (χ3v) is 3.62. The largest absolute Gasteiger partial charge is 0.452 e. The lowest BCUT2D eigenvalue weighted by atomic mass is 10.1. The summed E-state index contributed by atoms with van der Waals surface area (Å²) in [4.78, 5) is 30.0. The van der Waals surface area contributed by atoms with Crippen molar-refractivity contribution in [3.8, 4) is 0 Å². The Hall–Kier alpha value is -2.40. The Morgan fingerprint density at radius 2 is 2.04 bits per heavy atom. The molecule has 0 aliphatic heterocycles. The van der Waals surface area contributed by atoms with Crippen LogP contribution in [0, 0.1) is 0 Å². The van der Waals surface area contributed by atoms with Crippen LogP contribution >= 0.6 is 11.6 Å². The molecule has 2 aromatic rings. The molecule has 0 aliphatic rings. The second-order valence-electron chi connectivity index (χ2n) is 5.48. The molecule has 1 amide bonds. The maximum Gasteiger partial charge on any atom is 0.338 e. The molecule has 1 aromatic carbocycles. The number of fused-ring (bicyclic) bond motifs is 1. The number of carbonyl (C=O) groups is 2. The van der Waals surface area contributed by atoms with Crippen LogP contribution in [-0.4, -0.2) is 41.5 Å². The molecule has 1 aromatic heterocycles. The maximum atomic E-state index is 12.1. The van der Waals surface area contributed by atoms with Crippen LogP contribution in [0.4, 0.5) is 0 Å². The minimum atomic E-state index is -0.549. The number of benzene rings is 1. The highest BCUT2D eigenvalue weighted by molar-refractivity contribution is 6.29. The molecule has 0 aliphatic carbocycles. The number of rotatable bonds is 6. The summed E-state index contributed by atoms with van der Waals surface area (Å²) in [5.74, 6) is -0.797. The van der Waals surface area contributed by atoms with E-state index in [0.717, 1.165) is 11.0 Å². The number of hydrogen-bond acceptors (Lipinski definition) is 4. The Labute approximate surface area is 145 Å². The Balaban J connectivity index is 2.03. The number of halogens is 1. The van der Waals surface area contributed by atoms with E-state index in [2.05, 4.69) is 11.6 Å². The van der Waals surface area contributed by atoms with Gasteiger partial charge in [0.1, 0.15) is 5.15 Å². The van der Waals surface area contributed by atoms with Crippen molar-refractivity contribution < 1.29 is 14.3 Å². The van der Waals surface area contributed by atoms with Crippen LogP contribution in [0.5, 0.6) is 0 Å². The molecule has 126 valence electrons. The number of pyridine rings is 1. The maximum absolute atomic E-state index is 12.1. The summed E-state index contributed by atoms with van der Waals surface area (Å²) < 4.78 is 5.12. The Bertz CT molecular complexity index is 789. The molecular weight excluding hydrogens is 328 g/mol. The number of carbonyl (C=O) groups excluding carboxylic acids is 2. The van der Waals surface area contributed by atoms with E-state index in [1.807, 2.05) is 13.8 Å². The van der Waals surface area contributed by atoms with Crippen LogP contribution in [0.2, 0.25) is 5.15 Å². The van der Waals surface area contributed by atoms with Crippen LogP contribution in [0.1, 0.15) is 24.2 Å². The van der Waals surface area contributed by atoms with Gasteiger partial charge in [-0.1, -0.05) is 23.8 Å². The van der Waals surface area contributed by atoms with E-state index in [9.17, 15) is 9.59 Å². The molecule has 0 saturated carbocycles. The quantitative estimate of drug-likeness (QED) is 0.456. The molecule has 5 nitrogen and oxygen atoms in total. The number of esters is 1. The van der Waals surface area contributed by atoms with Crippen molar-refractivity contribution in [2.45, 2.75) is 13.8 Å². The monoisotopic (exact) mass is 346 g/mol. The topological polar surface area (TPSA) is 59.5 Å². The van der Waals surface area contributed by atoms with Gasteiger partial charge >= 0.3 is 5.97 Å². The molecule has 0 radical (unpaired) electrons. The average Bonchev–Trinajstić information content (AvgIpc) is 2.56. The molecule has 0 N–H and O–H groups in total. The van der Waals surface area contributed by atoms with Gasteiger partial charge in [-0.25, -0.2) is 9.78 Å². The van der Waals surface area contributed by atoms with Crippen LogP contribution < -0.4 is 0 Å². The van der Waals surface area contributed by atoms with Crippen molar-refractivity contribution in [2.24, 2.45) is 0 Å². The first-order valence-corrected chi connectivity index (χ1v) is 7.94. The van der Waals surface area contributed by atoms with E-state index in [1.54, 1.807) is 35.2 Å². The molecule has 0 fully saturated rings. The summed E-state index contributed by atoms with van der Waals surface area (Å²) >= 11 is 5.83. The van der Waals surface area contributed by atoms with Crippen molar-refractivity contribution in [3.05, 3.63) is 53.2 Å². The number of ether oxygens (including phenoxy) is 1. The van der Waals surface area contributed by atoms with E-state index < -0.39 is 5.97 Å². The molecule has 6 heteroatoms. The fourth-order valence-electron chi connectivity index (χ4n) is 2.23. The van der Waals surface area contributed by atoms with Crippen molar-refractivity contribution in [3.63, 3.8) is 0 Å².